The number of rotatable bonds is 5. The van der Waals surface area contributed by atoms with Crippen molar-refractivity contribution < 1.29 is 14.0 Å². The molecule has 0 saturated carbocycles. The summed E-state index contributed by atoms with van der Waals surface area (Å²) in [5, 5.41) is 9.92. The summed E-state index contributed by atoms with van der Waals surface area (Å²) >= 11 is 0. The van der Waals surface area contributed by atoms with Crippen molar-refractivity contribution in [3.8, 4) is 11.5 Å². The lowest BCUT2D eigenvalue weighted by Crippen LogP contribution is -2.44. The van der Waals surface area contributed by atoms with Gasteiger partial charge in [-0.3, -0.25) is 0 Å². The van der Waals surface area contributed by atoms with Crippen LogP contribution in [0.4, 0.5) is 0 Å². The minimum absolute atomic E-state index is 0.0235. The van der Waals surface area contributed by atoms with Gasteiger partial charge >= 0.3 is 0 Å². The first-order valence-corrected chi connectivity index (χ1v) is 14.5. The van der Waals surface area contributed by atoms with Crippen LogP contribution < -0.4 is 8.85 Å². The average molecular weight is 369 g/mol. The standard InChI is InChI=1S/C19H36O3Si2/c1-18(2,3)23(7,8)21-16-12-11-15(14-20)17(13-16)22-24(9,10)19(4,5)6/h11-13,20H,14H2,1-10H3. The van der Waals surface area contributed by atoms with E-state index >= 15 is 0 Å². The molecule has 1 aromatic rings. The van der Waals surface area contributed by atoms with E-state index in [-0.39, 0.29) is 16.7 Å². The fraction of sp³-hybridized carbons (Fsp3) is 0.684. The molecule has 138 valence electrons. The highest BCUT2D eigenvalue weighted by Crippen LogP contribution is 2.41. The summed E-state index contributed by atoms with van der Waals surface area (Å²) in [7, 11) is -3.87. The van der Waals surface area contributed by atoms with Gasteiger partial charge in [-0.25, -0.2) is 0 Å². The highest BCUT2D eigenvalue weighted by atomic mass is 28.4. The van der Waals surface area contributed by atoms with Gasteiger partial charge in [-0.2, -0.15) is 0 Å². The van der Waals surface area contributed by atoms with Crippen molar-refractivity contribution in [2.24, 2.45) is 0 Å². The Morgan fingerprint density at radius 3 is 1.71 bits per heavy atom. The van der Waals surface area contributed by atoms with E-state index in [1.807, 2.05) is 18.2 Å². The van der Waals surface area contributed by atoms with E-state index in [0.29, 0.717) is 0 Å². The molecule has 0 radical (unpaired) electrons. The lowest BCUT2D eigenvalue weighted by Gasteiger charge is -2.38. The molecule has 0 aliphatic heterocycles. The highest BCUT2D eigenvalue weighted by molar-refractivity contribution is 6.75. The van der Waals surface area contributed by atoms with Crippen molar-refractivity contribution in [1.29, 1.82) is 0 Å². The van der Waals surface area contributed by atoms with E-state index in [4.69, 9.17) is 8.85 Å². The van der Waals surface area contributed by atoms with Crippen LogP contribution in [0.1, 0.15) is 47.1 Å². The molecule has 0 amide bonds. The molecule has 0 saturated heterocycles. The van der Waals surface area contributed by atoms with Crippen molar-refractivity contribution >= 4 is 16.6 Å². The summed E-state index contributed by atoms with van der Waals surface area (Å²) in [5.41, 5.74) is 0.822. The number of aliphatic hydroxyl groups is 1. The lowest BCUT2D eigenvalue weighted by molar-refractivity contribution is 0.277. The molecular weight excluding hydrogens is 332 g/mol. The van der Waals surface area contributed by atoms with E-state index in [0.717, 1.165) is 17.1 Å². The number of benzene rings is 1. The first-order chi connectivity index (χ1) is 10.6. The van der Waals surface area contributed by atoms with Crippen LogP contribution in [0.25, 0.3) is 0 Å². The van der Waals surface area contributed by atoms with Gasteiger partial charge in [-0.15, -0.1) is 0 Å². The fourth-order valence-electron chi connectivity index (χ4n) is 1.70. The van der Waals surface area contributed by atoms with E-state index in [1.54, 1.807) is 0 Å². The molecule has 0 aliphatic carbocycles. The molecule has 3 nitrogen and oxygen atoms in total. The first kappa shape index (κ1) is 21.3. The quantitative estimate of drug-likeness (QED) is 0.653. The predicted molar refractivity (Wildman–Crippen MR) is 108 cm³/mol. The molecule has 0 atom stereocenters. The van der Waals surface area contributed by atoms with Gasteiger partial charge in [0.2, 0.25) is 16.6 Å². The van der Waals surface area contributed by atoms with Crippen molar-refractivity contribution in [3.63, 3.8) is 0 Å². The summed E-state index contributed by atoms with van der Waals surface area (Å²) in [6.45, 7) is 22.2. The topological polar surface area (TPSA) is 38.7 Å². The van der Waals surface area contributed by atoms with Crippen LogP contribution in [-0.2, 0) is 6.61 Å². The second-order valence-electron chi connectivity index (χ2n) is 9.65. The summed E-state index contributed by atoms with van der Waals surface area (Å²) in [6, 6.07) is 5.84. The third-order valence-corrected chi connectivity index (χ3v) is 14.3. The van der Waals surface area contributed by atoms with Crippen LogP contribution in [0.2, 0.25) is 36.3 Å². The zero-order valence-corrected chi connectivity index (χ0v) is 19.2. The zero-order chi connectivity index (χ0) is 19.0. The highest BCUT2D eigenvalue weighted by Gasteiger charge is 2.40. The van der Waals surface area contributed by atoms with E-state index < -0.39 is 16.6 Å². The Labute approximate surface area is 150 Å². The molecule has 0 fully saturated rings. The fourth-order valence-corrected chi connectivity index (χ4v) is 3.77. The maximum Gasteiger partial charge on any atom is 0.250 e. The Hall–Kier alpha value is -0.786. The normalized spacial score (nSPS) is 13.8. The van der Waals surface area contributed by atoms with Gasteiger partial charge in [0.25, 0.3) is 0 Å². The number of aliphatic hydroxyl groups excluding tert-OH is 1. The molecule has 5 heteroatoms. The summed E-state index contributed by atoms with van der Waals surface area (Å²) < 4.78 is 12.8. The molecular formula is C19H36O3Si2. The maximum absolute atomic E-state index is 9.67. The van der Waals surface area contributed by atoms with Gasteiger partial charge in [-0.05, 0) is 48.4 Å². The van der Waals surface area contributed by atoms with Gasteiger partial charge in [0.1, 0.15) is 11.5 Å². The molecule has 0 aliphatic rings. The number of hydrogen-bond donors (Lipinski definition) is 1. The van der Waals surface area contributed by atoms with E-state index in [9.17, 15) is 5.11 Å². The third-order valence-electron chi connectivity index (χ3n) is 5.56. The van der Waals surface area contributed by atoms with Crippen molar-refractivity contribution in [2.75, 3.05) is 0 Å². The maximum atomic E-state index is 9.67. The Kier molecular flexibility index (Phi) is 6.06. The molecule has 0 heterocycles. The molecule has 1 N–H and O–H groups in total. The Balaban J connectivity index is 3.19. The Morgan fingerprint density at radius 1 is 0.833 bits per heavy atom. The largest absolute Gasteiger partial charge is 0.543 e. The smallest absolute Gasteiger partial charge is 0.250 e. The van der Waals surface area contributed by atoms with Gasteiger partial charge in [0.05, 0.1) is 6.61 Å². The molecule has 0 bridgehead atoms. The van der Waals surface area contributed by atoms with Crippen molar-refractivity contribution in [3.05, 3.63) is 23.8 Å². The van der Waals surface area contributed by atoms with Crippen LogP contribution in [0, 0.1) is 0 Å². The molecule has 1 aromatic carbocycles. The second-order valence-corrected chi connectivity index (χ2v) is 19.1. The minimum atomic E-state index is -1.97. The minimum Gasteiger partial charge on any atom is -0.543 e. The van der Waals surface area contributed by atoms with Crippen LogP contribution in [0.3, 0.4) is 0 Å². The Bertz CT molecular complexity index is 567. The van der Waals surface area contributed by atoms with Gasteiger partial charge in [0, 0.05) is 11.6 Å². The summed E-state index contributed by atoms with van der Waals surface area (Å²) in [5.74, 6) is 1.60. The molecule has 0 aromatic heterocycles. The third kappa shape index (κ3) is 4.86. The van der Waals surface area contributed by atoms with Crippen LogP contribution in [0.5, 0.6) is 11.5 Å². The summed E-state index contributed by atoms with van der Waals surface area (Å²) in [4.78, 5) is 0. The van der Waals surface area contributed by atoms with Crippen LogP contribution in [-0.4, -0.2) is 21.7 Å². The predicted octanol–water partition coefficient (Wildman–Crippen LogP) is 5.95. The average Bonchev–Trinajstić information content (AvgIpc) is 2.35. The lowest BCUT2D eigenvalue weighted by atomic mass is 10.2. The van der Waals surface area contributed by atoms with Crippen LogP contribution in [0.15, 0.2) is 18.2 Å². The second kappa shape index (κ2) is 6.85. The molecule has 24 heavy (non-hydrogen) atoms. The van der Waals surface area contributed by atoms with Gasteiger partial charge < -0.3 is 14.0 Å². The SMILES string of the molecule is CC(C)(C)[Si](C)(C)Oc1ccc(CO)c(O[Si](C)(C)C(C)(C)C)c1. The van der Waals surface area contributed by atoms with Crippen LogP contribution >= 0.6 is 0 Å². The van der Waals surface area contributed by atoms with Gasteiger partial charge in [-0.1, -0.05) is 41.5 Å². The van der Waals surface area contributed by atoms with Crippen molar-refractivity contribution in [2.45, 2.75) is 84.4 Å². The summed E-state index contributed by atoms with van der Waals surface area (Å²) in [6.07, 6.45) is 0. The molecule has 0 unspecified atom stereocenters. The number of hydrogen-bond acceptors (Lipinski definition) is 3. The molecule has 0 spiro atoms. The van der Waals surface area contributed by atoms with E-state index in [2.05, 4.69) is 67.7 Å². The van der Waals surface area contributed by atoms with E-state index in [1.165, 1.54) is 0 Å². The molecule has 1 rings (SSSR count). The van der Waals surface area contributed by atoms with Gasteiger partial charge in [0.15, 0.2) is 0 Å². The monoisotopic (exact) mass is 368 g/mol. The zero-order valence-electron chi connectivity index (χ0n) is 17.2. The Morgan fingerprint density at radius 2 is 1.29 bits per heavy atom. The van der Waals surface area contributed by atoms with Crippen molar-refractivity contribution in [1.82, 2.24) is 0 Å². The first-order valence-electron chi connectivity index (χ1n) is 8.72.